The van der Waals surface area contributed by atoms with Gasteiger partial charge in [0.25, 0.3) is 0 Å². The molecule has 0 amide bonds. The lowest BCUT2D eigenvalue weighted by molar-refractivity contribution is -0.170. The maximum absolute atomic E-state index is 12.2. The van der Waals surface area contributed by atoms with Gasteiger partial charge in [0.1, 0.15) is 6.10 Å². The van der Waals surface area contributed by atoms with Crippen LogP contribution < -0.4 is 0 Å². The highest BCUT2D eigenvalue weighted by molar-refractivity contribution is 5.87. The van der Waals surface area contributed by atoms with Gasteiger partial charge in [-0.1, -0.05) is 6.92 Å². The molecule has 2 bridgehead atoms. The van der Waals surface area contributed by atoms with E-state index in [1.807, 2.05) is 20.8 Å². The Hall–Kier alpha value is -1.57. The number of hydrogen-bond acceptors (Lipinski definition) is 4. The molecule has 1 heterocycles. The van der Waals surface area contributed by atoms with Gasteiger partial charge >= 0.3 is 17.5 Å². The minimum atomic E-state index is -0.988. The van der Waals surface area contributed by atoms with E-state index in [1.165, 1.54) is 0 Å². The fourth-order valence-corrected chi connectivity index (χ4v) is 3.68. The van der Waals surface area contributed by atoms with E-state index >= 15 is 0 Å². The molecule has 3 fully saturated rings. The number of hydrogen-bond donors (Lipinski definition) is 0. The largest absolute Gasteiger partial charge is 0.458 e. The van der Waals surface area contributed by atoms with Gasteiger partial charge in [0.2, 0.25) is 0 Å². The Morgan fingerprint density at radius 2 is 2.30 bits per heavy atom. The molecular weight excluding hydrogens is 258 g/mol. The van der Waals surface area contributed by atoms with Crippen molar-refractivity contribution < 1.29 is 19.1 Å². The summed E-state index contributed by atoms with van der Waals surface area (Å²) in [5.74, 6) is -0.672. The summed E-state index contributed by atoms with van der Waals surface area (Å²) >= 11 is 0. The summed E-state index contributed by atoms with van der Waals surface area (Å²) in [5, 5.41) is 0. The Morgan fingerprint density at radius 3 is 2.90 bits per heavy atom. The van der Waals surface area contributed by atoms with Gasteiger partial charge in [-0.3, -0.25) is 9.64 Å². The number of fused-ring (bicyclic) bond motifs is 1. The van der Waals surface area contributed by atoms with Crippen molar-refractivity contribution in [3.8, 4) is 0 Å². The van der Waals surface area contributed by atoms with Gasteiger partial charge in [-0.05, 0) is 26.7 Å². The average molecular weight is 277 g/mol. The van der Waals surface area contributed by atoms with Gasteiger partial charge < -0.3 is 9.47 Å². The molecule has 2 aliphatic carbocycles. The minimum absolute atomic E-state index is 0.0853. The lowest BCUT2D eigenvalue weighted by Crippen LogP contribution is -2.44. The van der Waals surface area contributed by atoms with Crippen molar-refractivity contribution in [2.75, 3.05) is 0 Å². The number of esters is 2. The molecule has 0 aromatic heterocycles. The normalized spacial score (nSPS) is 41.4. The maximum Gasteiger partial charge on any atom is 0.394 e. The number of carbonyl (C=O) groups is 2. The van der Waals surface area contributed by atoms with Crippen molar-refractivity contribution in [3.63, 3.8) is 0 Å². The molecule has 3 rings (SSSR count). The van der Waals surface area contributed by atoms with Crippen molar-refractivity contribution in [2.24, 2.45) is 17.3 Å². The van der Waals surface area contributed by atoms with E-state index in [0.717, 1.165) is 6.42 Å². The highest BCUT2D eigenvalue weighted by atomic mass is 16.6. The van der Waals surface area contributed by atoms with Crippen LogP contribution in [0.5, 0.6) is 0 Å². The first-order valence-corrected chi connectivity index (χ1v) is 7.16. The first-order valence-electron chi connectivity index (χ1n) is 7.16. The monoisotopic (exact) mass is 277 g/mol. The van der Waals surface area contributed by atoms with Gasteiger partial charge in [-0.2, -0.15) is 0 Å². The van der Waals surface area contributed by atoms with Crippen LogP contribution in [-0.2, 0) is 19.1 Å². The zero-order valence-corrected chi connectivity index (χ0v) is 12.0. The molecule has 5 heteroatoms. The van der Waals surface area contributed by atoms with E-state index in [0.29, 0.717) is 12.8 Å². The van der Waals surface area contributed by atoms with Crippen LogP contribution >= 0.6 is 0 Å². The van der Waals surface area contributed by atoms with Crippen LogP contribution in [0.2, 0.25) is 0 Å². The van der Waals surface area contributed by atoms with E-state index in [4.69, 9.17) is 16.0 Å². The fourth-order valence-electron chi connectivity index (χ4n) is 3.68. The molecule has 2 saturated carbocycles. The Morgan fingerprint density at radius 1 is 1.60 bits per heavy atom. The molecule has 1 saturated heterocycles. The predicted molar refractivity (Wildman–Crippen MR) is 69.4 cm³/mol. The summed E-state index contributed by atoms with van der Waals surface area (Å²) in [6.45, 7) is 13.0. The Balaban J connectivity index is 1.80. The molecule has 0 N–H and O–H groups in total. The van der Waals surface area contributed by atoms with Crippen LogP contribution in [0.3, 0.4) is 0 Å². The summed E-state index contributed by atoms with van der Waals surface area (Å²) in [7, 11) is 0. The van der Waals surface area contributed by atoms with Crippen molar-refractivity contribution in [1.82, 2.24) is 0 Å². The molecule has 3 aliphatic rings. The molecular formula is C15H19NO4. The summed E-state index contributed by atoms with van der Waals surface area (Å²) in [6, 6.07) is 0. The van der Waals surface area contributed by atoms with E-state index in [9.17, 15) is 9.59 Å². The Kier molecular flexibility index (Phi) is 2.66. The van der Waals surface area contributed by atoms with Crippen LogP contribution in [0.25, 0.3) is 4.85 Å². The molecule has 1 aliphatic heterocycles. The maximum atomic E-state index is 12.2. The highest BCUT2D eigenvalue weighted by Gasteiger charge is 2.77. The number of carbonyl (C=O) groups excluding carboxylic acids is 2. The molecule has 5 nitrogen and oxygen atoms in total. The molecule has 0 aromatic carbocycles. The lowest BCUT2D eigenvalue weighted by atomic mass is 9.81. The highest BCUT2D eigenvalue weighted by Crippen LogP contribution is 2.59. The molecule has 108 valence electrons. The first-order chi connectivity index (χ1) is 9.35. The smallest absolute Gasteiger partial charge is 0.394 e. The van der Waals surface area contributed by atoms with Crippen LogP contribution in [0.4, 0.5) is 0 Å². The third kappa shape index (κ3) is 1.48. The Labute approximate surface area is 118 Å². The topological polar surface area (TPSA) is 57.0 Å². The third-order valence-electron chi connectivity index (χ3n) is 5.40. The lowest BCUT2D eigenvalue weighted by Gasteiger charge is -2.29. The molecule has 0 aromatic rings. The van der Waals surface area contributed by atoms with Crippen molar-refractivity contribution >= 4 is 11.9 Å². The van der Waals surface area contributed by atoms with E-state index in [1.54, 1.807) is 0 Å². The van der Waals surface area contributed by atoms with Crippen molar-refractivity contribution in [1.29, 1.82) is 0 Å². The molecule has 0 radical (unpaired) electrons. The SMILES string of the molecule is [C-]#[N+]C12CC3CC1C(OC2=O)C3OC(=O)C(C)(C)CC. The second kappa shape index (κ2) is 3.97. The molecule has 20 heavy (non-hydrogen) atoms. The predicted octanol–water partition coefficient (Wildman–Crippen LogP) is 1.96. The van der Waals surface area contributed by atoms with Crippen LogP contribution in [0.1, 0.15) is 40.0 Å². The molecule has 5 atom stereocenters. The second-order valence-electron chi connectivity index (χ2n) is 6.82. The van der Waals surface area contributed by atoms with E-state index < -0.39 is 23.0 Å². The minimum Gasteiger partial charge on any atom is -0.458 e. The van der Waals surface area contributed by atoms with Crippen molar-refractivity contribution in [3.05, 3.63) is 11.4 Å². The standard InChI is InChI=1S/C15H19NO4/c1-5-14(2,3)12(17)19-10-8-6-9-11(10)20-13(18)15(9,7-8)16-4/h8-11H,5-7H2,1-3H3. The number of rotatable bonds is 3. The second-order valence-corrected chi connectivity index (χ2v) is 6.82. The third-order valence-corrected chi connectivity index (χ3v) is 5.40. The van der Waals surface area contributed by atoms with Gasteiger partial charge in [0.05, 0.1) is 11.3 Å². The zero-order valence-electron chi connectivity index (χ0n) is 12.0. The molecule has 0 spiro atoms. The number of ether oxygens (including phenoxy) is 2. The van der Waals surface area contributed by atoms with Crippen molar-refractivity contribution in [2.45, 2.75) is 57.8 Å². The van der Waals surface area contributed by atoms with Gasteiger partial charge in [0.15, 0.2) is 6.10 Å². The van der Waals surface area contributed by atoms with Crippen LogP contribution in [0.15, 0.2) is 0 Å². The summed E-state index contributed by atoms with van der Waals surface area (Å²) in [6.07, 6.45) is 1.15. The fraction of sp³-hybridized carbons (Fsp3) is 0.800. The first kappa shape index (κ1) is 13.4. The number of nitrogens with zero attached hydrogens (tertiary/aromatic N) is 1. The average Bonchev–Trinajstić information content (AvgIpc) is 3.00. The zero-order chi connectivity index (χ0) is 14.7. The van der Waals surface area contributed by atoms with E-state index in [2.05, 4.69) is 4.85 Å². The van der Waals surface area contributed by atoms with E-state index in [-0.39, 0.29) is 23.9 Å². The summed E-state index contributed by atoms with van der Waals surface area (Å²) in [4.78, 5) is 27.7. The summed E-state index contributed by atoms with van der Waals surface area (Å²) < 4.78 is 11.0. The summed E-state index contributed by atoms with van der Waals surface area (Å²) in [5.41, 5.74) is -1.51. The van der Waals surface area contributed by atoms with Crippen LogP contribution in [0, 0.1) is 23.8 Å². The quantitative estimate of drug-likeness (QED) is 0.584. The molecule has 5 unspecified atom stereocenters. The van der Waals surface area contributed by atoms with Gasteiger partial charge in [-0.15, -0.1) is 0 Å². The Bertz CT molecular complexity index is 520. The van der Waals surface area contributed by atoms with Gasteiger partial charge in [0, 0.05) is 12.3 Å². The van der Waals surface area contributed by atoms with Crippen LogP contribution in [-0.4, -0.2) is 29.7 Å². The van der Waals surface area contributed by atoms with Gasteiger partial charge in [-0.25, -0.2) is 11.4 Å².